The minimum absolute atomic E-state index is 0.398. The summed E-state index contributed by atoms with van der Waals surface area (Å²) in [7, 11) is 3.43. The van der Waals surface area contributed by atoms with Gasteiger partial charge in [0.05, 0.1) is 47.0 Å². The lowest BCUT2D eigenvalue weighted by atomic mass is 10.3. The molecule has 14 heteroatoms. The van der Waals surface area contributed by atoms with Crippen molar-refractivity contribution in [3.05, 3.63) is 77.6 Å². The predicted octanol–water partition coefficient (Wildman–Crippen LogP) is 4.29. The second-order valence-electron chi connectivity index (χ2n) is 8.78. The van der Waals surface area contributed by atoms with Gasteiger partial charge in [0, 0.05) is 26.8 Å². The summed E-state index contributed by atoms with van der Waals surface area (Å²) in [5.74, 6) is 1.82. The minimum atomic E-state index is 0.398. The second-order valence-corrected chi connectivity index (χ2v) is 8.78. The molecule has 0 saturated carbocycles. The lowest BCUT2D eigenvalue weighted by molar-refractivity contribution is 0.653. The molecule has 0 atom stereocenters. The van der Waals surface area contributed by atoms with Gasteiger partial charge in [-0.15, -0.1) is 0 Å². The molecular weight excluding hydrogens is 532 g/mol. The van der Waals surface area contributed by atoms with Gasteiger partial charge >= 0.3 is 0 Å². The standard InChI is InChI=1S/C16H15N7.C12H15N7/c1-11-14(10-23(22-11)13-6-4-3-5-7-13)20-16-19-9-12(8-17)15(18-2)21-16;1-4-19-7-10(8(2)18-19)16-12-15-6-9(5-13)11(14-3)17-12/h3-7,9-10H,1-2H3,(H2,18,19,20,21);6-7H,4H2,1-3H3,(H2,14,15,16,17). The molecule has 4 heterocycles. The maximum atomic E-state index is 9.00. The van der Waals surface area contributed by atoms with Crippen LogP contribution in [0.4, 0.5) is 34.9 Å². The Hall–Kier alpha value is -6.02. The van der Waals surface area contributed by atoms with Crippen LogP contribution >= 0.6 is 0 Å². The van der Waals surface area contributed by atoms with Crippen molar-refractivity contribution in [2.24, 2.45) is 0 Å². The van der Waals surface area contributed by atoms with Gasteiger partial charge in [0.25, 0.3) is 0 Å². The van der Waals surface area contributed by atoms with Crippen molar-refractivity contribution < 1.29 is 0 Å². The van der Waals surface area contributed by atoms with Gasteiger partial charge in [-0.3, -0.25) is 4.68 Å². The molecule has 0 aliphatic rings. The number of para-hydroxylation sites is 1. The van der Waals surface area contributed by atoms with Gasteiger partial charge < -0.3 is 21.3 Å². The van der Waals surface area contributed by atoms with E-state index in [4.69, 9.17) is 10.5 Å². The SMILES string of the molecule is CCn1cc(Nc2ncc(C#N)c(NC)n2)c(C)n1.CNc1nc(Nc2cn(-c3ccccc3)nc2C)ncc1C#N. The van der Waals surface area contributed by atoms with E-state index in [9.17, 15) is 0 Å². The molecule has 0 bridgehead atoms. The zero-order chi connectivity index (χ0) is 30.1. The molecule has 0 aliphatic heterocycles. The van der Waals surface area contributed by atoms with E-state index in [1.165, 1.54) is 12.4 Å². The molecule has 0 saturated heterocycles. The largest absolute Gasteiger partial charge is 0.372 e. The molecule has 5 aromatic rings. The van der Waals surface area contributed by atoms with Crippen molar-refractivity contribution in [2.45, 2.75) is 27.3 Å². The monoisotopic (exact) mass is 562 g/mol. The Balaban J connectivity index is 0.000000197. The average Bonchev–Trinajstić information content (AvgIpc) is 3.58. The van der Waals surface area contributed by atoms with Crippen LogP contribution in [0.5, 0.6) is 0 Å². The van der Waals surface area contributed by atoms with E-state index in [0.29, 0.717) is 34.7 Å². The van der Waals surface area contributed by atoms with E-state index in [1.807, 2.05) is 80.3 Å². The molecule has 4 N–H and O–H groups in total. The van der Waals surface area contributed by atoms with Crippen molar-refractivity contribution in [3.63, 3.8) is 0 Å². The van der Waals surface area contributed by atoms with Gasteiger partial charge in [0.15, 0.2) is 0 Å². The summed E-state index contributed by atoms with van der Waals surface area (Å²) in [6.07, 6.45) is 6.75. The average molecular weight is 563 g/mol. The number of hydrogen-bond donors (Lipinski definition) is 4. The van der Waals surface area contributed by atoms with Crippen LogP contribution < -0.4 is 21.3 Å². The van der Waals surface area contributed by atoms with Crippen LogP contribution in [-0.2, 0) is 6.54 Å². The Morgan fingerprint density at radius 3 is 1.76 bits per heavy atom. The molecule has 1 aromatic carbocycles. The van der Waals surface area contributed by atoms with Crippen LogP contribution in [-0.4, -0.2) is 53.6 Å². The summed E-state index contributed by atoms with van der Waals surface area (Å²) in [5.41, 5.74) is 5.15. The van der Waals surface area contributed by atoms with Gasteiger partial charge in [-0.2, -0.15) is 30.7 Å². The van der Waals surface area contributed by atoms with Gasteiger partial charge in [-0.1, -0.05) is 18.2 Å². The van der Waals surface area contributed by atoms with Gasteiger partial charge in [-0.25, -0.2) is 14.6 Å². The zero-order valence-corrected chi connectivity index (χ0v) is 23.9. The molecule has 0 aliphatic carbocycles. The summed E-state index contributed by atoms with van der Waals surface area (Å²) in [4.78, 5) is 16.8. The molecule has 0 spiro atoms. The van der Waals surface area contributed by atoms with Crippen LogP contribution in [0.15, 0.2) is 55.1 Å². The minimum Gasteiger partial charge on any atom is -0.372 e. The molecule has 42 heavy (non-hydrogen) atoms. The van der Waals surface area contributed by atoms with Crippen molar-refractivity contribution in [2.75, 3.05) is 35.4 Å². The molecule has 14 nitrogen and oxygen atoms in total. The highest BCUT2D eigenvalue weighted by molar-refractivity contribution is 5.61. The van der Waals surface area contributed by atoms with Crippen LogP contribution in [0.3, 0.4) is 0 Å². The molecule has 0 radical (unpaired) electrons. The molecule has 0 fully saturated rings. The fourth-order valence-electron chi connectivity index (χ4n) is 3.77. The van der Waals surface area contributed by atoms with Gasteiger partial charge in [0.2, 0.25) is 11.9 Å². The quantitative estimate of drug-likeness (QED) is 0.211. The van der Waals surface area contributed by atoms with Crippen molar-refractivity contribution in [1.29, 1.82) is 10.5 Å². The van der Waals surface area contributed by atoms with Crippen LogP contribution in [0.2, 0.25) is 0 Å². The highest BCUT2D eigenvalue weighted by Gasteiger charge is 2.11. The number of nitriles is 2. The van der Waals surface area contributed by atoms with Crippen LogP contribution in [0.25, 0.3) is 5.69 Å². The first kappa shape index (κ1) is 29.0. The molecule has 212 valence electrons. The van der Waals surface area contributed by atoms with Gasteiger partial charge in [-0.05, 0) is 32.9 Å². The first-order chi connectivity index (χ1) is 20.4. The second kappa shape index (κ2) is 13.4. The number of benzene rings is 1. The Morgan fingerprint density at radius 1 is 0.762 bits per heavy atom. The maximum absolute atomic E-state index is 9.00. The van der Waals surface area contributed by atoms with Crippen molar-refractivity contribution in [3.8, 4) is 17.8 Å². The van der Waals surface area contributed by atoms with E-state index in [2.05, 4.69) is 51.4 Å². The Kier molecular flexibility index (Phi) is 9.22. The number of aryl methyl sites for hydroxylation is 3. The molecule has 0 amide bonds. The van der Waals surface area contributed by atoms with E-state index in [-0.39, 0.29) is 0 Å². The Labute approximate surface area is 243 Å². The highest BCUT2D eigenvalue weighted by Crippen LogP contribution is 2.21. The van der Waals surface area contributed by atoms with E-state index < -0.39 is 0 Å². The number of aromatic nitrogens is 8. The smallest absolute Gasteiger partial charge is 0.229 e. The summed E-state index contributed by atoms with van der Waals surface area (Å²) >= 11 is 0. The third kappa shape index (κ3) is 6.75. The third-order valence-corrected chi connectivity index (χ3v) is 5.97. The van der Waals surface area contributed by atoms with Gasteiger partial charge in [0.1, 0.15) is 34.9 Å². The third-order valence-electron chi connectivity index (χ3n) is 5.97. The zero-order valence-electron chi connectivity index (χ0n) is 23.9. The normalized spacial score (nSPS) is 10.1. The lowest BCUT2D eigenvalue weighted by Gasteiger charge is -2.06. The summed E-state index contributed by atoms with van der Waals surface area (Å²) in [6, 6.07) is 13.9. The highest BCUT2D eigenvalue weighted by atomic mass is 15.3. The first-order valence-corrected chi connectivity index (χ1v) is 13.0. The molecule has 5 rings (SSSR count). The predicted molar refractivity (Wildman–Crippen MR) is 160 cm³/mol. The topological polar surface area (TPSA) is 183 Å². The summed E-state index contributed by atoms with van der Waals surface area (Å²) < 4.78 is 3.63. The summed E-state index contributed by atoms with van der Waals surface area (Å²) in [6.45, 7) is 6.65. The Bertz CT molecular complexity index is 1740. The van der Waals surface area contributed by atoms with Crippen molar-refractivity contribution in [1.82, 2.24) is 39.5 Å². The molecular formula is C28H30N14. The number of anilines is 6. The van der Waals surface area contributed by atoms with Crippen LogP contribution in [0.1, 0.15) is 29.4 Å². The number of nitrogens with one attached hydrogen (secondary N) is 4. The van der Waals surface area contributed by atoms with E-state index in [1.54, 1.807) is 18.8 Å². The lowest BCUT2D eigenvalue weighted by Crippen LogP contribution is -2.03. The fraction of sp³-hybridized carbons (Fsp3) is 0.214. The Morgan fingerprint density at radius 2 is 1.29 bits per heavy atom. The van der Waals surface area contributed by atoms with Crippen LogP contribution in [0, 0.1) is 36.5 Å². The molecule has 4 aromatic heterocycles. The first-order valence-electron chi connectivity index (χ1n) is 13.0. The number of nitrogens with zero attached hydrogens (tertiary/aromatic N) is 10. The van der Waals surface area contributed by atoms with E-state index >= 15 is 0 Å². The number of rotatable bonds is 8. The summed E-state index contributed by atoms with van der Waals surface area (Å²) in [5, 5.41) is 38.7. The number of hydrogen-bond acceptors (Lipinski definition) is 12. The maximum Gasteiger partial charge on any atom is 0.229 e. The van der Waals surface area contributed by atoms with Crippen molar-refractivity contribution >= 4 is 34.9 Å². The molecule has 0 unspecified atom stereocenters. The van der Waals surface area contributed by atoms with E-state index in [0.717, 1.165) is 35.0 Å². The fourth-order valence-corrected chi connectivity index (χ4v) is 3.77.